The zero-order valence-electron chi connectivity index (χ0n) is 14.4. The van der Waals surface area contributed by atoms with E-state index in [1.54, 1.807) is 0 Å². The van der Waals surface area contributed by atoms with E-state index in [1.165, 1.54) is 12.1 Å². The molecule has 26 heavy (non-hydrogen) atoms. The number of amides is 1. The number of alkyl halides is 2. The van der Waals surface area contributed by atoms with Gasteiger partial charge >= 0.3 is 5.76 Å². The normalized spacial score (nSPS) is 13.0. The molecule has 0 radical (unpaired) electrons. The molecule has 0 saturated carbocycles. The molecule has 0 aliphatic heterocycles. The van der Waals surface area contributed by atoms with Crippen LogP contribution in [-0.4, -0.2) is 45.6 Å². The summed E-state index contributed by atoms with van der Waals surface area (Å²) in [7, 11) is -0.871. The first-order valence-corrected chi connectivity index (χ1v) is 9.40. The van der Waals surface area contributed by atoms with Crippen LogP contribution in [0.1, 0.15) is 22.0 Å². The minimum absolute atomic E-state index is 0.0429. The minimum atomic E-state index is -4.66. The fourth-order valence-electron chi connectivity index (χ4n) is 2.46. The molecule has 140 valence electrons. The highest BCUT2D eigenvalue weighted by Crippen LogP contribution is 2.19. The molecule has 8 heteroatoms. The number of likely N-dealkylation sites (N-methyl/N-ethyl adjacent to an activating group) is 1. The zero-order valence-corrected chi connectivity index (χ0v) is 15.2. The molecule has 1 amide bonds. The molecular weight excluding hydrogens is 362 g/mol. The fraction of sp³-hybridized carbons (Fsp3) is 0.278. The average Bonchev–Trinajstić information content (AvgIpc) is 2.62. The lowest BCUT2D eigenvalue weighted by atomic mass is 10.1. The van der Waals surface area contributed by atoms with Crippen LogP contribution in [0, 0.1) is 0 Å². The number of carbonyl (C=O) groups is 1. The molecular formula is C18H20F2N2O3S. The van der Waals surface area contributed by atoms with E-state index >= 15 is 0 Å². The summed E-state index contributed by atoms with van der Waals surface area (Å²) in [5.74, 6) is -3.90. The summed E-state index contributed by atoms with van der Waals surface area (Å²) in [5, 5.41) is 2.78. The topological polar surface area (TPSA) is 66.5 Å². The summed E-state index contributed by atoms with van der Waals surface area (Å²) in [6.07, 6.45) is 0. The number of halogens is 2. The van der Waals surface area contributed by atoms with Crippen molar-refractivity contribution in [2.45, 2.75) is 16.7 Å². The van der Waals surface area contributed by atoms with Gasteiger partial charge < -0.3 is 10.2 Å². The number of hydrogen-bond donors (Lipinski definition) is 1. The monoisotopic (exact) mass is 382 g/mol. The number of sulfone groups is 1. The molecule has 1 atom stereocenters. The van der Waals surface area contributed by atoms with E-state index in [1.807, 2.05) is 49.3 Å². The van der Waals surface area contributed by atoms with Crippen molar-refractivity contribution < 1.29 is 22.0 Å². The highest BCUT2D eigenvalue weighted by Gasteiger charge is 2.26. The van der Waals surface area contributed by atoms with E-state index < -0.39 is 26.4 Å². The summed E-state index contributed by atoms with van der Waals surface area (Å²) >= 11 is 0. The van der Waals surface area contributed by atoms with Crippen LogP contribution in [0.25, 0.3) is 0 Å². The highest BCUT2D eigenvalue weighted by molar-refractivity contribution is 7.91. The maximum atomic E-state index is 12.5. The Morgan fingerprint density at radius 1 is 1.04 bits per heavy atom. The van der Waals surface area contributed by atoms with Crippen LogP contribution >= 0.6 is 0 Å². The van der Waals surface area contributed by atoms with E-state index in [2.05, 4.69) is 5.32 Å². The number of hydrogen-bond acceptors (Lipinski definition) is 4. The molecule has 0 aromatic heterocycles. The van der Waals surface area contributed by atoms with E-state index in [-0.39, 0.29) is 11.6 Å². The molecule has 5 nitrogen and oxygen atoms in total. The smallest absolute Gasteiger partial charge is 0.341 e. The van der Waals surface area contributed by atoms with Crippen molar-refractivity contribution in [1.29, 1.82) is 0 Å². The third kappa shape index (κ3) is 4.64. The molecule has 2 aromatic carbocycles. The molecule has 0 aliphatic carbocycles. The van der Waals surface area contributed by atoms with E-state index in [0.717, 1.165) is 17.7 Å². The molecule has 0 bridgehead atoms. The lowest BCUT2D eigenvalue weighted by Crippen LogP contribution is -2.34. The lowest BCUT2D eigenvalue weighted by Gasteiger charge is -2.25. The summed E-state index contributed by atoms with van der Waals surface area (Å²) in [6.45, 7) is 0.340. The van der Waals surface area contributed by atoms with Gasteiger partial charge in [0.25, 0.3) is 5.91 Å². The van der Waals surface area contributed by atoms with Crippen molar-refractivity contribution in [2.75, 3.05) is 20.6 Å². The molecule has 0 saturated heterocycles. The van der Waals surface area contributed by atoms with Crippen LogP contribution < -0.4 is 5.32 Å². The Morgan fingerprint density at radius 2 is 1.62 bits per heavy atom. The van der Waals surface area contributed by atoms with Crippen LogP contribution in [0.2, 0.25) is 0 Å². The Labute approximate surface area is 151 Å². The predicted octanol–water partition coefficient (Wildman–Crippen LogP) is 2.72. The molecule has 0 fully saturated rings. The molecule has 2 aromatic rings. The van der Waals surface area contributed by atoms with Crippen molar-refractivity contribution in [1.82, 2.24) is 10.2 Å². The molecule has 0 unspecified atom stereocenters. The SMILES string of the molecule is CN(C)[C@@H](CNC(=O)c1ccc(S(=O)(=O)C(F)F)cc1)c1ccccc1. The Bertz CT molecular complexity index is 838. The van der Waals surface area contributed by atoms with Gasteiger partial charge in [0, 0.05) is 12.1 Å². The first-order valence-electron chi connectivity index (χ1n) is 7.85. The van der Waals surface area contributed by atoms with Gasteiger partial charge in [-0.1, -0.05) is 30.3 Å². The van der Waals surface area contributed by atoms with Gasteiger partial charge in [-0.05, 0) is 43.9 Å². The lowest BCUT2D eigenvalue weighted by molar-refractivity contribution is 0.0942. The maximum Gasteiger partial charge on any atom is 0.341 e. The van der Waals surface area contributed by atoms with Gasteiger partial charge in [0.1, 0.15) is 0 Å². The number of rotatable bonds is 7. The zero-order chi connectivity index (χ0) is 19.3. The van der Waals surface area contributed by atoms with Gasteiger partial charge in [0.2, 0.25) is 9.84 Å². The second-order valence-electron chi connectivity index (χ2n) is 5.93. The summed E-state index contributed by atoms with van der Waals surface area (Å²) in [6, 6.07) is 14.1. The van der Waals surface area contributed by atoms with Crippen molar-refractivity contribution in [3.63, 3.8) is 0 Å². The first-order chi connectivity index (χ1) is 12.2. The molecule has 2 rings (SSSR count). The van der Waals surface area contributed by atoms with Gasteiger partial charge in [-0.25, -0.2) is 8.42 Å². The van der Waals surface area contributed by atoms with Gasteiger partial charge in [0.15, 0.2) is 0 Å². The maximum absolute atomic E-state index is 12.5. The summed E-state index contributed by atoms with van der Waals surface area (Å²) in [5.41, 5.74) is 1.24. The van der Waals surface area contributed by atoms with Gasteiger partial charge in [-0.2, -0.15) is 8.78 Å². The molecule has 0 spiro atoms. The van der Waals surface area contributed by atoms with Crippen LogP contribution in [0.3, 0.4) is 0 Å². The minimum Gasteiger partial charge on any atom is -0.350 e. The quantitative estimate of drug-likeness (QED) is 0.800. The summed E-state index contributed by atoms with van der Waals surface area (Å²) < 4.78 is 47.9. The van der Waals surface area contributed by atoms with E-state index in [0.29, 0.717) is 6.54 Å². The summed E-state index contributed by atoms with van der Waals surface area (Å²) in [4.78, 5) is 13.7. The van der Waals surface area contributed by atoms with Crippen molar-refractivity contribution in [3.8, 4) is 0 Å². The fourth-order valence-corrected chi connectivity index (χ4v) is 3.19. The first kappa shape index (κ1) is 20.0. The van der Waals surface area contributed by atoms with Crippen LogP contribution in [0.5, 0.6) is 0 Å². The standard InChI is InChI=1S/C18H20F2N2O3S/c1-22(2)16(13-6-4-3-5-7-13)12-21-17(23)14-8-10-15(11-9-14)26(24,25)18(19)20/h3-11,16,18H,12H2,1-2H3,(H,21,23)/t16-/m0/s1. The second-order valence-corrected chi connectivity index (χ2v) is 7.85. The Morgan fingerprint density at radius 3 is 2.12 bits per heavy atom. The van der Waals surface area contributed by atoms with E-state index in [4.69, 9.17) is 0 Å². The van der Waals surface area contributed by atoms with Crippen molar-refractivity contribution in [3.05, 3.63) is 65.7 Å². The van der Waals surface area contributed by atoms with Crippen LogP contribution in [-0.2, 0) is 9.84 Å². The Kier molecular flexibility index (Phi) is 6.44. The van der Waals surface area contributed by atoms with Crippen molar-refractivity contribution >= 4 is 15.7 Å². The van der Waals surface area contributed by atoms with Gasteiger partial charge in [-0.3, -0.25) is 4.79 Å². The van der Waals surface area contributed by atoms with Gasteiger partial charge in [-0.15, -0.1) is 0 Å². The molecule has 0 aliphatic rings. The predicted molar refractivity (Wildman–Crippen MR) is 94.8 cm³/mol. The van der Waals surface area contributed by atoms with Crippen molar-refractivity contribution in [2.24, 2.45) is 0 Å². The van der Waals surface area contributed by atoms with E-state index in [9.17, 15) is 22.0 Å². The number of carbonyl (C=O) groups excluding carboxylic acids is 1. The third-order valence-electron chi connectivity index (χ3n) is 3.94. The molecule has 0 heterocycles. The highest BCUT2D eigenvalue weighted by atomic mass is 32.2. The van der Waals surface area contributed by atoms with Crippen LogP contribution in [0.4, 0.5) is 8.78 Å². The van der Waals surface area contributed by atoms with Gasteiger partial charge in [0.05, 0.1) is 10.9 Å². The third-order valence-corrected chi connectivity index (χ3v) is 5.34. The largest absolute Gasteiger partial charge is 0.350 e. The Balaban J connectivity index is 2.08. The average molecular weight is 382 g/mol. The molecule has 1 N–H and O–H groups in total. The second kappa shape index (κ2) is 8.37. The number of nitrogens with one attached hydrogen (secondary N) is 1. The number of nitrogens with zero attached hydrogens (tertiary/aromatic N) is 1. The number of benzene rings is 2. The Hall–Kier alpha value is -2.32. The van der Waals surface area contributed by atoms with Crippen LogP contribution in [0.15, 0.2) is 59.5 Å².